The lowest BCUT2D eigenvalue weighted by Gasteiger charge is -2.34. The molecule has 0 saturated heterocycles. The molecular weight excluding hydrogens is 264 g/mol. The molecule has 1 heterocycles. The number of benzene rings is 1. The van der Waals surface area contributed by atoms with Crippen LogP contribution >= 0.6 is 0 Å². The van der Waals surface area contributed by atoms with Crippen LogP contribution in [0.4, 0.5) is 5.69 Å². The third-order valence-electron chi connectivity index (χ3n) is 3.76. The summed E-state index contributed by atoms with van der Waals surface area (Å²) in [5.41, 5.74) is 7.69. The first-order valence-corrected chi connectivity index (χ1v) is 7.84. The molecule has 1 aromatic rings. The molecule has 2 rings (SSSR count). The molecule has 1 aliphatic rings. The standard InChI is InChI=1S/C17H26N2O2/c1-12(2)17(20)19-11-13(3)21-16-8-7-14(10-15(16)19)6-4-5-9-18/h7-8,10,12-13H,4-6,9,11,18H2,1-3H3. The molecule has 1 aromatic carbocycles. The Kier molecular flexibility index (Phi) is 5.23. The molecule has 0 fully saturated rings. The molecule has 1 aliphatic heterocycles. The van der Waals surface area contributed by atoms with Gasteiger partial charge in [-0.25, -0.2) is 0 Å². The van der Waals surface area contributed by atoms with Crippen LogP contribution in [0.1, 0.15) is 39.2 Å². The van der Waals surface area contributed by atoms with Crippen LogP contribution < -0.4 is 15.4 Å². The first kappa shape index (κ1) is 15.8. The molecule has 0 aliphatic carbocycles. The van der Waals surface area contributed by atoms with Crippen LogP contribution in [0.2, 0.25) is 0 Å². The zero-order chi connectivity index (χ0) is 15.4. The summed E-state index contributed by atoms with van der Waals surface area (Å²) in [4.78, 5) is 14.3. The number of anilines is 1. The van der Waals surface area contributed by atoms with Crippen molar-refractivity contribution in [3.63, 3.8) is 0 Å². The van der Waals surface area contributed by atoms with Gasteiger partial charge < -0.3 is 15.4 Å². The molecule has 1 unspecified atom stereocenters. The van der Waals surface area contributed by atoms with Gasteiger partial charge in [-0.2, -0.15) is 0 Å². The van der Waals surface area contributed by atoms with E-state index in [-0.39, 0.29) is 17.9 Å². The number of carbonyl (C=O) groups is 1. The molecule has 0 spiro atoms. The monoisotopic (exact) mass is 290 g/mol. The Balaban J connectivity index is 2.25. The molecule has 2 N–H and O–H groups in total. The highest BCUT2D eigenvalue weighted by molar-refractivity contribution is 5.96. The summed E-state index contributed by atoms with van der Waals surface area (Å²) in [6, 6.07) is 6.17. The third kappa shape index (κ3) is 3.76. The lowest BCUT2D eigenvalue weighted by Crippen LogP contribution is -2.44. The van der Waals surface area contributed by atoms with Gasteiger partial charge in [0, 0.05) is 5.92 Å². The van der Waals surface area contributed by atoms with E-state index < -0.39 is 0 Å². The van der Waals surface area contributed by atoms with Crippen molar-refractivity contribution < 1.29 is 9.53 Å². The lowest BCUT2D eigenvalue weighted by atomic mass is 10.0. The molecule has 21 heavy (non-hydrogen) atoms. The largest absolute Gasteiger partial charge is 0.487 e. The number of fused-ring (bicyclic) bond motifs is 1. The van der Waals surface area contributed by atoms with Crippen LogP contribution in [0.15, 0.2) is 18.2 Å². The molecule has 4 nitrogen and oxygen atoms in total. The number of nitrogens with zero attached hydrogens (tertiary/aromatic N) is 1. The summed E-state index contributed by atoms with van der Waals surface area (Å²) in [7, 11) is 0. The number of amides is 1. The van der Waals surface area contributed by atoms with Gasteiger partial charge >= 0.3 is 0 Å². The van der Waals surface area contributed by atoms with Gasteiger partial charge in [-0.05, 0) is 50.4 Å². The summed E-state index contributed by atoms with van der Waals surface area (Å²) in [6.45, 7) is 7.22. The maximum atomic E-state index is 12.4. The molecule has 0 saturated carbocycles. The lowest BCUT2D eigenvalue weighted by molar-refractivity contribution is -0.121. The average Bonchev–Trinajstić information content (AvgIpc) is 2.46. The van der Waals surface area contributed by atoms with Gasteiger partial charge in [0.25, 0.3) is 0 Å². The van der Waals surface area contributed by atoms with Crippen molar-refractivity contribution in [3.8, 4) is 5.75 Å². The Morgan fingerprint density at radius 3 is 2.86 bits per heavy atom. The highest BCUT2D eigenvalue weighted by Crippen LogP contribution is 2.35. The third-order valence-corrected chi connectivity index (χ3v) is 3.76. The van der Waals surface area contributed by atoms with E-state index in [1.165, 1.54) is 5.56 Å². The number of rotatable bonds is 5. The molecule has 1 amide bonds. The minimum absolute atomic E-state index is 0.0101. The van der Waals surface area contributed by atoms with Crippen LogP contribution in [0.25, 0.3) is 0 Å². The Morgan fingerprint density at radius 1 is 1.43 bits per heavy atom. The number of hydrogen-bond acceptors (Lipinski definition) is 3. The summed E-state index contributed by atoms with van der Waals surface area (Å²) in [5.74, 6) is 0.958. The van der Waals surface area contributed by atoms with Gasteiger partial charge in [0.2, 0.25) is 5.91 Å². The number of carbonyl (C=O) groups excluding carboxylic acids is 1. The van der Waals surface area contributed by atoms with Gasteiger partial charge in [0.05, 0.1) is 12.2 Å². The van der Waals surface area contributed by atoms with E-state index in [1.54, 1.807) is 0 Å². The van der Waals surface area contributed by atoms with Crippen LogP contribution in [-0.4, -0.2) is 25.1 Å². The van der Waals surface area contributed by atoms with Crippen LogP contribution in [-0.2, 0) is 11.2 Å². The first-order chi connectivity index (χ1) is 10.0. The molecular formula is C17H26N2O2. The second-order valence-electron chi connectivity index (χ2n) is 6.08. The molecule has 1 atom stereocenters. The van der Waals surface area contributed by atoms with E-state index in [4.69, 9.17) is 10.5 Å². The highest BCUT2D eigenvalue weighted by Gasteiger charge is 2.29. The maximum absolute atomic E-state index is 12.4. The first-order valence-electron chi connectivity index (χ1n) is 7.84. The van der Waals surface area contributed by atoms with Crippen LogP contribution in [0.3, 0.4) is 0 Å². The quantitative estimate of drug-likeness (QED) is 0.848. The fourth-order valence-electron chi connectivity index (χ4n) is 2.63. The van der Waals surface area contributed by atoms with Crippen molar-refractivity contribution in [1.82, 2.24) is 0 Å². The molecule has 4 heteroatoms. The summed E-state index contributed by atoms with van der Waals surface area (Å²) < 4.78 is 5.86. The molecule has 0 radical (unpaired) electrons. The van der Waals surface area contributed by atoms with Crippen molar-refractivity contribution in [2.45, 2.75) is 46.1 Å². The van der Waals surface area contributed by atoms with Crippen molar-refractivity contribution in [1.29, 1.82) is 0 Å². The van der Waals surface area contributed by atoms with Gasteiger partial charge in [-0.3, -0.25) is 4.79 Å². The van der Waals surface area contributed by atoms with Crippen LogP contribution in [0, 0.1) is 5.92 Å². The predicted octanol–water partition coefficient (Wildman–Crippen LogP) is 2.74. The topological polar surface area (TPSA) is 55.6 Å². The van der Waals surface area contributed by atoms with E-state index in [2.05, 4.69) is 12.1 Å². The smallest absolute Gasteiger partial charge is 0.229 e. The Morgan fingerprint density at radius 2 is 2.19 bits per heavy atom. The number of ether oxygens (including phenoxy) is 1. The van der Waals surface area contributed by atoms with E-state index in [0.29, 0.717) is 6.54 Å². The molecule has 0 bridgehead atoms. The predicted molar refractivity (Wildman–Crippen MR) is 85.7 cm³/mol. The van der Waals surface area contributed by atoms with Crippen molar-refractivity contribution in [2.75, 3.05) is 18.0 Å². The van der Waals surface area contributed by atoms with Crippen molar-refractivity contribution in [2.24, 2.45) is 11.7 Å². The van der Waals surface area contributed by atoms with Gasteiger partial charge in [-0.15, -0.1) is 0 Å². The average molecular weight is 290 g/mol. The minimum atomic E-state index is -0.0101. The number of hydrogen-bond donors (Lipinski definition) is 1. The Labute approximate surface area is 127 Å². The Bertz CT molecular complexity index is 500. The van der Waals surface area contributed by atoms with E-state index in [9.17, 15) is 4.79 Å². The fraction of sp³-hybridized carbons (Fsp3) is 0.588. The molecule has 116 valence electrons. The van der Waals surface area contributed by atoms with Crippen molar-refractivity contribution >= 4 is 11.6 Å². The SMILES string of the molecule is CC1CN(C(=O)C(C)C)c2cc(CCCCN)ccc2O1. The summed E-state index contributed by atoms with van der Waals surface area (Å²) in [5, 5.41) is 0. The zero-order valence-corrected chi connectivity index (χ0v) is 13.3. The minimum Gasteiger partial charge on any atom is -0.487 e. The number of unbranched alkanes of at least 4 members (excludes halogenated alkanes) is 1. The van der Waals surface area contributed by atoms with Gasteiger partial charge in [-0.1, -0.05) is 19.9 Å². The Hall–Kier alpha value is -1.55. The maximum Gasteiger partial charge on any atom is 0.229 e. The van der Waals surface area contributed by atoms with E-state index >= 15 is 0 Å². The van der Waals surface area contributed by atoms with E-state index in [1.807, 2.05) is 31.7 Å². The van der Waals surface area contributed by atoms with Gasteiger partial charge in [0.15, 0.2) is 0 Å². The molecule has 0 aromatic heterocycles. The number of nitrogens with two attached hydrogens (primary N) is 1. The van der Waals surface area contributed by atoms with E-state index in [0.717, 1.165) is 37.2 Å². The summed E-state index contributed by atoms with van der Waals surface area (Å²) >= 11 is 0. The summed E-state index contributed by atoms with van der Waals surface area (Å²) in [6.07, 6.45) is 3.12. The zero-order valence-electron chi connectivity index (χ0n) is 13.3. The highest BCUT2D eigenvalue weighted by atomic mass is 16.5. The van der Waals surface area contributed by atoms with Gasteiger partial charge in [0.1, 0.15) is 11.9 Å². The fourth-order valence-corrected chi connectivity index (χ4v) is 2.63. The second kappa shape index (κ2) is 6.94. The normalized spacial score (nSPS) is 17.6. The second-order valence-corrected chi connectivity index (χ2v) is 6.08. The van der Waals surface area contributed by atoms with Crippen molar-refractivity contribution in [3.05, 3.63) is 23.8 Å². The van der Waals surface area contributed by atoms with Crippen LogP contribution in [0.5, 0.6) is 5.75 Å². The number of aryl methyl sites for hydroxylation is 1.